The van der Waals surface area contributed by atoms with E-state index in [1.807, 2.05) is 0 Å². The van der Waals surface area contributed by atoms with E-state index >= 15 is 0 Å². The predicted molar refractivity (Wildman–Crippen MR) is 39.3 cm³/mol. The van der Waals surface area contributed by atoms with Crippen molar-refractivity contribution in [2.45, 2.75) is 30.5 Å². The first-order chi connectivity index (χ1) is 5.63. The molecule has 0 aromatic rings. The molecule has 0 aromatic carbocycles. The van der Waals surface area contributed by atoms with E-state index in [-0.39, 0.29) is 12.0 Å². The van der Waals surface area contributed by atoms with Gasteiger partial charge >= 0.3 is 0 Å². The van der Waals surface area contributed by atoms with Crippen LogP contribution >= 0.6 is 0 Å². The summed E-state index contributed by atoms with van der Waals surface area (Å²) in [6, 6.07) is -0.265. The van der Waals surface area contributed by atoms with Crippen LogP contribution in [0.1, 0.15) is 0 Å². The van der Waals surface area contributed by atoms with Crippen LogP contribution in [0.2, 0.25) is 0 Å². The maximum absolute atomic E-state index is 9.39. The summed E-state index contributed by atoms with van der Waals surface area (Å²) in [7, 11) is 0. The van der Waals surface area contributed by atoms with Crippen LogP contribution < -0.4 is 5.32 Å². The molecule has 5 N–H and O–H groups in total. The van der Waals surface area contributed by atoms with Crippen molar-refractivity contribution in [2.75, 3.05) is 6.54 Å². The Morgan fingerprint density at radius 3 is 1.92 bits per heavy atom. The van der Waals surface area contributed by atoms with Crippen LogP contribution in [0.15, 0.2) is 0 Å². The first kappa shape index (κ1) is 8.40. The zero-order valence-corrected chi connectivity index (χ0v) is 6.46. The molecule has 2 fully saturated rings. The fraction of sp³-hybridized carbons (Fsp3) is 1.00. The topological polar surface area (TPSA) is 93.0 Å². The van der Waals surface area contributed by atoms with E-state index in [0.717, 1.165) is 0 Å². The summed E-state index contributed by atoms with van der Waals surface area (Å²) in [4.78, 5) is 0. The Kier molecular flexibility index (Phi) is 1.85. The highest BCUT2D eigenvalue weighted by molar-refractivity contribution is 5.07. The molecule has 2 rings (SSSR count). The molecule has 0 amide bonds. The molecule has 1 heterocycles. The largest absolute Gasteiger partial charge is 0.390 e. The minimum atomic E-state index is -1.24. The predicted octanol–water partition coefficient (Wildman–Crippen LogP) is -2.97. The van der Waals surface area contributed by atoms with Gasteiger partial charge in [-0.1, -0.05) is 0 Å². The van der Waals surface area contributed by atoms with E-state index in [1.54, 1.807) is 0 Å². The fourth-order valence-corrected chi connectivity index (χ4v) is 1.97. The zero-order chi connectivity index (χ0) is 8.88. The lowest BCUT2D eigenvalue weighted by Gasteiger charge is -2.51. The van der Waals surface area contributed by atoms with Gasteiger partial charge in [-0.05, 0) is 0 Å². The quantitative estimate of drug-likeness (QED) is 0.271. The Morgan fingerprint density at radius 1 is 0.833 bits per heavy atom. The van der Waals surface area contributed by atoms with E-state index in [2.05, 4.69) is 5.32 Å². The van der Waals surface area contributed by atoms with Gasteiger partial charge in [-0.3, -0.25) is 0 Å². The Morgan fingerprint density at radius 2 is 1.42 bits per heavy atom. The van der Waals surface area contributed by atoms with Crippen molar-refractivity contribution in [1.82, 2.24) is 5.32 Å². The van der Waals surface area contributed by atoms with Gasteiger partial charge in [-0.25, -0.2) is 0 Å². The van der Waals surface area contributed by atoms with E-state index in [9.17, 15) is 20.4 Å². The van der Waals surface area contributed by atoms with Gasteiger partial charge in [0.05, 0.1) is 12.2 Å². The minimum Gasteiger partial charge on any atom is -0.390 e. The second-order valence-electron chi connectivity index (χ2n) is 3.56. The van der Waals surface area contributed by atoms with Gasteiger partial charge < -0.3 is 25.7 Å². The van der Waals surface area contributed by atoms with Gasteiger partial charge in [-0.2, -0.15) is 0 Å². The third kappa shape index (κ3) is 0.915. The zero-order valence-electron chi connectivity index (χ0n) is 6.46. The molecule has 0 radical (unpaired) electrons. The SMILES string of the molecule is O[C@H]1[C@H](O)[C@@H](O)C2NCC2[C@@H]1O. The molecule has 1 saturated heterocycles. The molecule has 0 aromatic heterocycles. The standard InChI is InChI=1S/C7H13NO4/c9-4-2-1-8-3(2)5(10)7(12)6(4)11/h2-12H,1H2/t2?,3?,4-,5-,6+,7+/m0/s1. The van der Waals surface area contributed by atoms with Gasteiger partial charge in [0.15, 0.2) is 0 Å². The molecule has 1 aliphatic carbocycles. The molecule has 70 valence electrons. The van der Waals surface area contributed by atoms with E-state index in [4.69, 9.17) is 0 Å². The van der Waals surface area contributed by atoms with Gasteiger partial charge in [0.25, 0.3) is 0 Å². The average Bonchev–Trinajstić information content (AvgIpc) is 1.97. The van der Waals surface area contributed by atoms with Crippen LogP contribution in [-0.4, -0.2) is 57.4 Å². The maximum atomic E-state index is 9.39. The lowest BCUT2D eigenvalue weighted by atomic mass is 9.72. The third-order valence-corrected chi connectivity index (χ3v) is 2.91. The van der Waals surface area contributed by atoms with Crippen molar-refractivity contribution in [2.24, 2.45) is 5.92 Å². The summed E-state index contributed by atoms with van der Waals surface area (Å²) in [5.41, 5.74) is 0. The lowest BCUT2D eigenvalue weighted by molar-refractivity contribution is -0.189. The molecular weight excluding hydrogens is 162 g/mol. The van der Waals surface area contributed by atoms with Crippen LogP contribution in [0.25, 0.3) is 0 Å². The summed E-state index contributed by atoms with van der Waals surface area (Å²) in [6.45, 7) is 0.590. The molecule has 5 heteroatoms. The van der Waals surface area contributed by atoms with Crippen molar-refractivity contribution in [3.8, 4) is 0 Å². The van der Waals surface area contributed by atoms with E-state index in [0.29, 0.717) is 6.54 Å². The lowest BCUT2D eigenvalue weighted by Crippen LogP contribution is -2.73. The van der Waals surface area contributed by atoms with Crippen molar-refractivity contribution in [3.05, 3.63) is 0 Å². The van der Waals surface area contributed by atoms with Crippen molar-refractivity contribution < 1.29 is 20.4 Å². The first-order valence-corrected chi connectivity index (χ1v) is 4.08. The molecule has 0 bridgehead atoms. The molecule has 12 heavy (non-hydrogen) atoms. The van der Waals surface area contributed by atoms with Crippen LogP contribution in [0, 0.1) is 5.92 Å². The minimum absolute atomic E-state index is 0.126. The number of hydrogen-bond acceptors (Lipinski definition) is 5. The Labute approximate surface area is 69.6 Å². The Balaban J connectivity index is 2.14. The van der Waals surface area contributed by atoms with Gasteiger partial charge in [0, 0.05) is 18.5 Å². The van der Waals surface area contributed by atoms with Crippen LogP contribution in [0.4, 0.5) is 0 Å². The number of nitrogens with one attached hydrogen (secondary N) is 1. The molecule has 5 nitrogen and oxygen atoms in total. The molecule has 2 aliphatic rings. The smallest absolute Gasteiger partial charge is 0.110 e. The highest BCUT2D eigenvalue weighted by Crippen LogP contribution is 2.31. The number of aliphatic hydroxyl groups is 4. The molecule has 1 saturated carbocycles. The Hall–Kier alpha value is -0.200. The van der Waals surface area contributed by atoms with Crippen molar-refractivity contribution in [1.29, 1.82) is 0 Å². The molecular formula is C7H13NO4. The highest BCUT2D eigenvalue weighted by Gasteiger charge is 2.52. The van der Waals surface area contributed by atoms with Gasteiger partial charge in [-0.15, -0.1) is 0 Å². The van der Waals surface area contributed by atoms with Crippen molar-refractivity contribution in [3.63, 3.8) is 0 Å². The first-order valence-electron chi connectivity index (χ1n) is 4.08. The summed E-state index contributed by atoms with van der Waals surface area (Å²) in [6.07, 6.45) is -4.35. The van der Waals surface area contributed by atoms with Crippen LogP contribution in [-0.2, 0) is 0 Å². The molecule has 0 spiro atoms. The number of fused-ring (bicyclic) bond motifs is 1. The molecule has 1 aliphatic heterocycles. The summed E-state index contributed by atoms with van der Waals surface area (Å²) in [5.74, 6) is -0.126. The summed E-state index contributed by atoms with van der Waals surface area (Å²) >= 11 is 0. The normalized spacial score (nSPS) is 59.0. The van der Waals surface area contributed by atoms with Gasteiger partial charge in [0.1, 0.15) is 12.2 Å². The fourth-order valence-electron chi connectivity index (χ4n) is 1.97. The number of aliphatic hydroxyl groups excluding tert-OH is 4. The number of hydrogen-bond donors (Lipinski definition) is 5. The summed E-state index contributed by atoms with van der Waals surface area (Å²) < 4.78 is 0. The summed E-state index contributed by atoms with van der Waals surface area (Å²) in [5, 5.41) is 40.2. The Bertz CT molecular complexity index is 139. The van der Waals surface area contributed by atoms with Crippen LogP contribution in [0.3, 0.4) is 0 Å². The van der Waals surface area contributed by atoms with Crippen molar-refractivity contribution >= 4 is 0 Å². The average molecular weight is 175 g/mol. The third-order valence-electron chi connectivity index (χ3n) is 2.91. The second kappa shape index (κ2) is 2.65. The second-order valence-corrected chi connectivity index (χ2v) is 3.56. The van der Waals surface area contributed by atoms with E-state index < -0.39 is 24.4 Å². The van der Waals surface area contributed by atoms with Crippen LogP contribution in [0.5, 0.6) is 0 Å². The van der Waals surface area contributed by atoms with Gasteiger partial charge in [0.2, 0.25) is 0 Å². The monoisotopic (exact) mass is 175 g/mol. The molecule has 6 atom stereocenters. The van der Waals surface area contributed by atoms with E-state index in [1.165, 1.54) is 0 Å². The molecule has 2 unspecified atom stereocenters. The maximum Gasteiger partial charge on any atom is 0.110 e. The number of rotatable bonds is 0. The highest BCUT2D eigenvalue weighted by atomic mass is 16.4.